The number of halogens is 1. The standard InChI is InChI=1S/C17H22ClN5/c18-15-6-3-5-14(13-15)17(19)21-9-7-16(22-17)20-8-4-12-23-10-1-2-11-23/h1-3,5-7,9,13,20,22H,4,8,10-12,19H2. The molecule has 1 atom stereocenters. The fraction of sp³-hybridized carbons (Fsp3) is 0.353. The van der Waals surface area contributed by atoms with Gasteiger partial charge in [0, 0.05) is 43.0 Å². The molecule has 1 unspecified atom stereocenters. The summed E-state index contributed by atoms with van der Waals surface area (Å²) in [6, 6.07) is 7.44. The van der Waals surface area contributed by atoms with Crippen LogP contribution in [-0.4, -0.2) is 37.3 Å². The Balaban J connectivity index is 1.51. The van der Waals surface area contributed by atoms with Crippen LogP contribution in [0.15, 0.2) is 53.3 Å². The Morgan fingerprint density at radius 2 is 2.17 bits per heavy atom. The van der Waals surface area contributed by atoms with Crippen LogP contribution in [-0.2, 0) is 5.79 Å². The van der Waals surface area contributed by atoms with Gasteiger partial charge in [-0.15, -0.1) is 0 Å². The van der Waals surface area contributed by atoms with Gasteiger partial charge in [-0.25, -0.2) is 4.99 Å². The highest BCUT2D eigenvalue weighted by atomic mass is 35.5. The van der Waals surface area contributed by atoms with E-state index in [1.54, 1.807) is 6.21 Å². The Hall–Kier alpha value is -1.82. The van der Waals surface area contributed by atoms with E-state index in [2.05, 4.69) is 32.7 Å². The van der Waals surface area contributed by atoms with Gasteiger partial charge in [0.15, 0.2) is 0 Å². The maximum atomic E-state index is 6.38. The Labute approximate surface area is 141 Å². The van der Waals surface area contributed by atoms with Crippen LogP contribution < -0.4 is 16.4 Å². The molecule has 4 N–H and O–H groups in total. The molecule has 5 nitrogen and oxygen atoms in total. The van der Waals surface area contributed by atoms with E-state index in [0.717, 1.165) is 44.0 Å². The number of hydrogen-bond acceptors (Lipinski definition) is 5. The number of aliphatic imine (C=N–C) groups is 1. The smallest absolute Gasteiger partial charge is 0.210 e. The lowest BCUT2D eigenvalue weighted by molar-refractivity contribution is 0.340. The van der Waals surface area contributed by atoms with Crippen molar-refractivity contribution in [3.8, 4) is 0 Å². The second-order valence-corrected chi connectivity index (χ2v) is 6.21. The molecular formula is C17H22ClN5. The van der Waals surface area contributed by atoms with Crippen LogP contribution in [0.2, 0.25) is 5.02 Å². The summed E-state index contributed by atoms with van der Waals surface area (Å²) in [5.41, 5.74) is 7.21. The molecule has 0 saturated carbocycles. The first-order chi connectivity index (χ1) is 11.2. The van der Waals surface area contributed by atoms with Gasteiger partial charge in [-0.05, 0) is 24.6 Å². The van der Waals surface area contributed by atoms with E-state index in [4.69, 9.17) is 17.3 Å². The van der Waals surface area contributed by atoms with Crippen molar-refractivity contribution in [1.29, 1.82) is 0 Å². The maximum absolute atomic E-state index is 6.38. The minimum absolute atomic E-state index is 0.646. The number of nitrogens with zero attached hydrogens (tertiary/aromatic N) is 2. The second kappa shape index (κ2) is 7.17. The molecule has 0 radical (unpaired) electrons. The number of rotatable bonds is 6. The quantitative estimate of drug-likeness (QED) is 0.549. The van der Waals surface area contributed by atoms with Crippen molar-refractivity contribution in [2.75, 3.05) is 26.2 Å². The van der Waals surface area contributed by atoms with Crippen molar-refractivity contribution < 1.29 is 0 Å². The first kappa shape index (κ1) is 16.1. The maximum Gasteiger partial charge on any atom is 0.210 e. The summed E-state index contributed by atoms with van der Waals surface area (Å²) in [7, 11) is 0. The Morgan fingerprint density at radius 1 is 1.35 bits per heavy atom. The number of allylic oxidation sites excluding steroid dienone is 1. The molecule has 3 rings (SSSR count). The number of nitrogens with two attached hydrogens (primary N) is 1. The summed E-state index contributed by atoms with van der Waals surface area (Å²) in [6.07, 6.45) is 9.12. The molecule has 0 saturated heterocycles. The lowest BCUT2D eigenvalue weighted by Crippen LogP contribution is -2.52. The third kappa shape index (κ3) is 4.13. The van der Waals surface area contributed by atoms with Crippen molar-refractivity contribution in [3.63, 3.8) is 0 Å². The molecule has 0 bridgehead atoms. The van der Waals surface area contributed by atoms with Crippen molar-refractivity contribution in [2.24, 2.45) is 10.7 Å². The predicted octanol–water partition coefficient (Wildman–Crippen LogP) is 1.78. The monoisotopic (exact) mass is 331 g/mol. The number of hydrogen-bond donors (Lipinski definition) is 3. The highest BCUT2D eigenvalue weighted by Crippen LogP contribution is 2.22. The fourth-order valence-electron chi connectivity index (χ4n) is 2.71. The largest absolute Gasteiger partial charge is 0.372 e. The summed E-state index contributed by atoms with van der Waals surface area (Å²) in [6.45, 7) is 4.10. The summed E-state index contributed by atoms with van der Waals surface area (Å²) in [5.74, 6) is -0.108. The normalized spacial score (nSPS) is 23.7. The van der Waals surface area contributed by atoms with Crippen molar-refractivity contribution in [1.82, 2.24) is 15.5 Å². The van der Waals surface area contributed by atoms with Gasteiger partial charge in [0.1, 0.15) is 5.82 Å². The van der Waals surface area contributed by atoms with Gasteiger partial charge in [-0.2, -0.15) is 0 Å². The third-order valence-electron chi connectivity index (χ3n) is 3.97. The zero-order valence-corrected chi connectivity index (χ0v) is 13.8. The molecule has 0 fully saturated rings. The summed E-state index contributed by atoms with van der Waals surface area (Å²) >= 11 is 6.05. The van der Waals surface area contributed by atoms with Gasteiger partial charge in [0.25, 0.3) is 0 Å². The Kier molecular flexibility index (Phi) is 5.00. The van der Waals surface area contributed by atoms with Crippen LogP contribution >= 0.6 is 11.6 Å². The van der Waals surface area contributed by atoms with Gasteiger partial charge in [0.05, 0.1) is 0 Å². The van der Waals surface area contributed by atoms with Crippen LogP contribution in [0, 0.1) is 0 Å². The number of nitrogens with one attached hydrogen (secondary N) is 2. The molecule has 0 aromatic heterocycles. The molecule has 2 aliphatic rings. The first-order valence-electron chi connectivity index (χ1n) is 7.85. The van der Waals surface area contributed by atoms with Crippen LogP contribution in [0.25, 0.3) is 0 Å². The van der Waals surface area contributed by atoms with Gasteiger partial charge >= 0.3 is 0 Å². The van der Waals surface area contributed by atoms with Crippen LogP contribution in [0.3, 0.4) is 0 Å². The predicted molar refractivity (Wildman–Crippen MR) is 95.2 cm³/mol. The summed E-state index contributed by atoms with van der Waals surface area (Å²) in [4.78, 5) is 6.77. The highest BCUT2D eigenvalue weighted by molar-refractivity contribution is 6.30. The van der Waals surface area contributed by atoms with E-state index in [0.29, 0.717) is 5.02 Å². The van der Waals surface area contributed by atoms with Gasteiger partial charge in [-0.1, -0.05) is 35.9 Å². The minimum Gasteiger partial charge on any atom is -0.372 e. The van der Waals surface area contributed by atoms with Gasteiger partial charge < -0.3 is 10.6 Å². The van der Waals surface area contributed by atoms with Crippen molar-refractivity contribution in [2.45, 2.75) is 12.2 Å². The molecule has 0 spiro atoms. The van der Waals surface area contributed by atoms with E-state index in [1.807, 2.05) is 30.3 Å². The van der Waals surface area contributed by atoms with E-state index in [1.165, 1.54) is 0 Å². The molecule has 1 aromatic carbocycles. The molecule has 1 aromatic rings. The van der Waals surface area contributed by atoms with Crippen LogP contribution in [0.5, 0.6) is 0 Å². The summed E-state index contributed by atoms with van der Waals surface area (Å²) in [5, 5.41) is 7.28. The van der Waals surface area contributed by atoms with Crippen molar-refractivity contribution in [3.05, 3.63) is 58.9 Å². The molecule has 2 aliphatic heterocycles. The summed E-state index contributed by atoms with van der Waals surface area (Å²) < 4.78 is 0. The lowest BCUT2D eigenvalue weighted by Gasteiger charge is -2.32. The van der Waals surface area contributed by atoms with Gasteiger partial charge in [-0.3, -0.25) is 10.6 Å². The molecule has 2 heterocycles. The molecule has 23 heavy (non-hydrogen) atoms. The molecule has 122 valence electrons. The molecule has 0 aliphatic carbocycles. The average Bonchev–Trinajstić information content (AvgIpc) is 3.05. The second-order valence-electron chi connectivity index (χ2n) is 5.77. The molecule has 6 heteroatoms. The highest BCUT2D eigenvalue weighted by Gasteiger charge is 2.28. The van der Waals surface area contributed by atoms with E-state index in [9.17, 15) is 0 Å². The zero-order valence-electron chi connectivity index (χ0n) is 13.0. The Morgan fingerprint density at radius 3 is 2.96 bits per heavy atom. The average molecular weight is 332 g/mol. The van der Waals surface area contributed by atoms with Crippen molar-refractivity contribution >= 4 is 17.8 Å². The SMILES string of the molecule is NC1(c2cccc(Cl)c2)N=CC=C(NCCCN2CC=CC2)N1. The van der Waals surface area contributed by atoms with E-state index >= 15 is 0 Å². The molecular weight excluding hydrogens is 310 g/mol. The van der Waals surface area contributed by atoms with E-state index < -0.39 is 5.79 Å². The fourth-order valence-corrected chi connectivity index (χ4v) is 2.90. The zero-order chi connectivity index (χ0) is 16.1. The first-order valence-corrected chi connectivity index (χ1v) is 8.23. The van der Waals surface area contributed by atoms with E-state index in [-0.39, 0.29) is 0 Å². The topological polar surface area (TPSA) is 65.7 Å². The van der Waals surface area contributed by atoms with Crippen LogP contribution in [0.1, 0.15) is 12.0 Å². The Bertz CT molecular complexity index is 632. The lowest BCUT2D eigenvalue weighted by atomic mass is 10.1. The third-order valence-corrected chi connectivity index (χ3v) is 4.20. The minimum atomic E-state index is -0.985. The van der Waals surface area contributed by atoms with Gasteiger partial charge in [0.2, 0.25) is 5.79 Å². The molecule has 0 amide bonds. The number of benzene rings is 1. The van der Waals surface area contributed by atoms with Crippen LogP contribution in [0.4, 0.5) is 0 Å².